The molecular formula is C23H20Cl2N2O4. The molecule has 2 aromatic carbocycles. The van der Waals surface area contributed by atoms with E-state index in [1.165, 1.54) is 4.90 Å². The topological polar surface area (TPSA) is 74.0 Å². The van der Waals surface area contributed by atoms with Crippen molar-refractivity contribution >= 4 is 45.9 Å². The van der Waals surface area contributed by atoms with Crippen LogP contribution in [0.15, 0.2) is 64.3 Å². The van der Waals surface area contributed by atoms with Crippen molar-refractivity contribution in [2.75, 3.05) is 27.2 Å². The number of carbonyl (C=O) groups excluding carboxylic acids is 2. The molecule has 0 aliphatic carbocycles. The van der Waals surface area contributed by atoms with Crippen LogP contribution in [0.4, 0.5) is 0 Å². The van der Waals surface area contributed by atoms with Gasteiger partial charge in [0, 0.05) is 18.5 Å². The lowest BCUT2D eigenvalue weighted by Crippen LogP contribution is -2.36. The summed E-state index contributed by atoms with van der Waals surface area (Å²) in [6, 6.07) is 12.9. The first-order chi connectivity index (χ1) is 14.8. The Hall–Kier alpha value is -2.80. The number of rotatable bonds is 6. The lowest BCUT2D eigenvalue weighted by atomic mass is 9.95. The van der Waals surface area contributed by atoms with E-state index in [-0.39, 0.29) is 11.3 Å². The fourth-order valence-corrected chi connectivity index (χ4v) is 3.99. The minimum absolute atomic E-state index is 0.0406. The van der Waals surface area contributed by atoms with Crippen LogP contribution in [0.1, 0.15) is 22.2 Å². The number of hydrogen-bond donors (Lipinski definition) is 1. The number of likely N-dealkylation sites (N-methyl/N-ethyl adjacent to an activating group) is 1. The molecule has 1 aromatic heterocycles. The molecule has 0 bridgehead atoms. The van der Waals surface area contributed by atoms with Gasteiger partial charge >= 0.3 is 0 Å². The molecule has 1 aliphatic heterocycles. The summed E-state index contributed by atoms with van der Waals surface area (Å²) < 4.78 is 5.71. The molecule has 2 heterocycles. The average molecular weight is 459 g/mol. The highest BCUT2D eigenvalue weighted by Crippen LogP contribution is 2.41. The number of para-hydroxylation sites is 1. The van der Waals surface area contributed by atoms with Crippen LogP contribution in [-0.2, 0) is 4.79 Å². The fourth-order valence-electron chi connectivity index (χ4n) is 3.68. The van der Waals surface area contributed by atoms with E-state index in [2.05, 4.69) is 0 Å². The fraction of sp³-hybridized carbons (Fsp3) is 0.217. The number of benzene rings is 2. The third-order valence-corrected chi connectivity index (χ3v) is 5.98. The van der Waals surface area contributed by atoms with Crippen LogP contribution in [0.5, 0.6) is 0 Å². The standard InChI is InChI=1S/C23H20Cl2N2O4/c1-26(2)9-10-27-20(14-7-8-15(24)16(25)11-14)19(22(29)23(27)30)21(28)18-12-13-5-3-4-6-17(13)31-18/h3-8,11-12,20,29H,9-10H2,1-2H3. The minimum atomic E-state index is -0.817. The first kappa shape index (κ1) is 21.4. The zero-order valence-electron chi connectivity index (χ0n) is 16.9. The normalized spacial score (nSPS) is 16.7. The van der Waals surface area contributed by atoms with Crippen LogP contribution in [0.25, 0.3) is 11.0 Å². The molecule has 1 atom stereocenters. The van der Waals surface area contributed by atoms with Crippen molar-refractivity contribution < 1.29 is 19.1 Å². The Balaban J connectivity index is 1.81. The summed E-state index contributed by atoms with van der Waals surface area (Å²) in [7, 11) is 3.75. The van der Waals surface area contributed by atoms with Gasteiger partial charge in [-0.3, -0.25) is 9.59 Å². The third kappa shape index (κ3) is 3.94. The number of furan rings is 1. The minimum Gasteiger partial charge on any atom is -0.503 e. The van der Waals surface area contributed by atoms with E-state index in [4.69, 9.17) is 27.6 Å². The van der Waals surface area contributed by atoms with E-state index in [0.29, 0.717) is 34.3 Å². The molecule has 1 N–H and O–H groups in total. The maximum atomic E-state index is 13.4. The predicted molar refractivity (Wildman–Crippen MR) is 120 cm³/mol. The van der Waals surface area contributed by atoms with Crippen molar-refractivity contribution in [3.8, 4) is 0 Å². The molecule has 160 valence electrons. The summed E-state index contributed by atoms with van der Waals surface area (Å²) in [4.78, 5) is 29.7. The zero-order valence-corrected chi connectivity index (χ0v) is 18.4. The smallest absolute Gasteiger partial charge is 0.290 e. The Morgan fingerprint density at radius 3 is 2.55 bits per heavy atom. The molecule has 0 saturated carbocycles. The zero-order chi connectivity index (χ0) is 22.3. The van der Waals surface area contributed by atoms with Gasteiger partial charge in [-0.25, -0.2) is 0 Å². The first-order valence-electron chi connectivity index (χ1n) is 9.65. The summed E-state index contributed by atoms with van der Waals surface area (Å²) in [6.45, 7) is 0.848. The predicted octanol–water partition coefficient (Wildman–Crippen LogP) is 4.88. The van der Waals surface area contributed by atoms with Crippen molar-refractivity contribution in [2.24, 2.45) is 0 Å². The number of ketones is 1. The van der Waals surface area contributed by atoms with Gasteiger partial charge in [-0.2, -0.15) is 0 Å². The summed E-state index contributed by atoms with van der Waals surface area (Å²) in [6.07, 6.45) is 0. The highest BCUT2D eigenvalue weighted by Gasteiger charge is 2.44. The Kier molecular flexibility index (Phi) is 5.79. The van der Waals surface area contributed by atoms with Gasteiger partial charge in [0.15, 0.2) is 11.5 Å². The van der Waals surface area contributed by atoms with Crippen LogP contribution in [0.3, 0.4) is 0 Å². The van der Waals surface area contributed by atoms with Gasteiger partial charge in [-0.15, -0.1) is 0 Å². The van der Waals surface area contributed by atoms with Crippen molar-refractivity contribution in [1.29, 1.82) is 0 Å². The summed E-state index contributed by atoms with van der Waals surface area (Å²) in [5.74, 6) is -1.70. The number of halogens is 2. The molecule has 4 rings (SSSR count). The maximum absolute atomic E-state index is 13.4. The second-order valence-electron chi connectivity index (χ2n) is 7.62. The Morgan fingerprint density at radius 1 is 1.13 bits per heavy atom. The molecule has 0 saturated heterocycles. The Labute approximate surface area is 189 Å². The Bertz CT molecular complexity index is 1180. The summed E-state index contributed by atoms with van der Waals surface area (Å²) >= 11 is 12.3. The number of hydrogen-bond acceptors (Lipinski definition) is 5. The van der Waals surface area contributed by atoms with Gasteiger partial charge in [0.1, 0.15) is 5.58 Å². The van der Waals surface area contributed by atoms with Gasteiger partial charge in [0.2, 0.25) is 5.78 Å². The van der Waals surface area contributed by atoms with E-state index in [9.17, 15) is 14.7 Å². The molecule has 0 radical (unpaired) electrons. The molecule has 0 spiro atoms. The molecular weight excluding hydrogens is 439 g/mol. The number of nitrogens with zero attached hydrogens (tertiary/aromatic N) is 2. The van der Waals surface area contributed by atoms with E-state index in [0.717, 1.165) is 5.39 Å². The van der Waals surface area contributed by atoms with Gasteiger partial charge in [-0.05, 0) is 43.9 Å². The van der Waals surface area contributed by atoms with Crippen molar-refractivity contribution in [2.45, 2.75) is 6.04 Å². The third-order valence-electron chi connectivity index (χ3n) is 5.25. The summed E-state index contributed by atoms with van der Waals surface area (Å²) in [5.41, 5.74) is 1.08. The number of Topliss-reactive ketones (excluding diaryl/α,β-unsaturated/α-hetero) is 1. The molecule has 3 aromatic rings. The molecule has 0 fully saturated rings. The lowest BCUT2D eigenvalue weighted by Gasteiger charge is -2.28. The summed E-state index contributed by atoms with van der Waals surface area (Å²) in [5, 5.41) is 12.1. The van der Waals surface area contributed by atoms with E-state index >= 15 is 0 Å². The number of aliphatic hydroxyl groups excluding tert-OH is 1. The van der Waals surface area contributed by atoms with Crippen LogP contribution in [0.2, 0.25) is 10.0 Å². The first-order valence-corrected chi connectivity index (χ1v) is 10.4. The molecule has 1 amide bonds. The van der Waals surface area contributed by atoms with Crippen LogP contribution in [0, 0.1) is 0 Å². The molecule has 1 aliphatic rings. The van der Waals surface area contributed by atoms with Crippen molar-refractivity contribution in [3.05, 3.63) is 81.2 Å². The Morgan fingerprint density at radius 2 is 1.87 bits per heavy atom. The second kappa shape index (κ2) is 8.38. The molecule has 8 heteroatoms. The SMILES string of the molecule is CN(C)CCN1C(=O)C(O)=C(C(=O)c2cc3ccccc3o2)C1c1ccc(Cl)c(Cl)c1. The van der Waals surface area contributed by atoms with Gasteiger partial charge in [0.05, 0.1) is 21.7 Å². The van der Waals surface area contributed by atoms with Crippen LogP contribution < -0.4 is 0 Å². The van der Waals surface area contributed by atoms with Gasteiger partial charge in [-0.1, -0.05) is 47.5 Å². The van der Waals surface area contributed by atoms with Gasteiger partial charge in [0.25, 0.3) is 5.91 Å². The van der Waals surface area contributed by atoms with Crippen molar-refractivity contribution in [3.63, 3.8) is 0 Å². The number of amides is 1. The number of fused-ring (bicyclic) bond motifs is 1. The van der Waals surface area contributed by atoms with E-state index in [1.807, 2.05) is 31.1 Å². The van der Waals surface area contributed by atoms with E-state index < -0.39 is 23.5 Å². The van der Waals surface area contributed by atoms with Gasteiger partial charge < -0.3 is 19.3 Å². The molecule has 1 unspecified atom stereocenters. The monoisotopic (exact) mass is 458 g/mol. The molecule has 31 heavy (non-hydrogen) atoms. The average Bonchev–Trinajstić information content (AvgIpc) is 3.28. The highest BCUT2D eigenvalue weighted by atomic mass is 35.5. The number of aliphatic hydroxyl groups is 1. The second-order valence-corrected chi connectivity index (χ2v) is 8.43. The van der Waals surface area contributed by atoms with Crippen LogP contribution in [-0.4, -0.2) is 53.8 Å². The largest absolute Gasteiger partial charge is 0.503 e. The van der Waals surface area contributed by atoms with Crippen molar-refractivity contribution in [1.82, 2.24) is 9.80 Å². The quantitative estimate of drug-likeness (QED) is 0.532. The molecule has 6 nitrogen and oxygen atoms in total. The highest BCUT2D eigenvalue weighted by molar-refractivity contribution is 6.42. The number of carbonyl (C=O) groups is 2. The van der Waals surface area contributed by atoms with E-state index in [1.54, 1.807) is 36.4 Å². The maximum Gasteiger partial charge on any atom is 0.290 e. The van der Waals surface area contributed by atoms with Crippen LogP contribution >= 0.6 is 23.2 Å². The lowest BCUT2D eigenvalue weighted by molar-refractivity contribution is -0.129.